The molecule has 1 aliphatic rings. The molecule has 0 aromatic carbocycles. The Morgan fingerprint density at radius 2 is 2.05 bits per heavy atom. The predicted octanol–water partition coefficient (Wildman–Crippen LogP) is 3.96. The van der Waals surface area contributed by atoms with E-state index in [1.165, 1.54) is 0 Å². The van der Waals surface area contributed by atoms with Gasteiger partial charge in [-0.05, 0) is 49.7 Å². The highest BCUT2D eigenvalue weighted by molar-refractivity contribution is 5.82. The molecule has 1 saturated carbocycles. The van der Waals surface area contributed by atoms with E-state index in [0.717, 1.165) is 37.1 Å². The Bertz CT molecular complexity index is 459. The Kier molecular flexibility index (Phi) is 4.07. The summed E-state index contributed by atoms with van der Waals surface area (Å²) in [5, 5.41) is 0. The van der Waals surface area contributed by atoms with Gasteiger partial charge in [-0.1, -0.05) is 26.8 Å². The molecule has 0 radical (unpaired) electrons. The van der Waals surface area contributed by atoms with Crippen LogP contribution in [0.25, 0.3) is 0 Å². The van der Waals surface area contributed by atoms with Crippen LogP contribution in [0.4, 0.5) is 0 Å². The van der Waals surface area contributed by atoms with Gasteiger partial charge in [0, 0.05) is 23.7 Å². The van der Waals surface area contributed by atoms with E-state index in [4.69, 9.17) is 0 Å². The molecule has 0 N–H and O–H groups in total. The summed E-state index contributed by atoms with van der Waals surface area (Å²) >= 11 is 0. The maximum Gasteiger partial charge on any atom is 0.136 e. The van der Waals surface area contributed by atoms with Crippen molar-refractivity contribution in [1.82, 2.24) is 4.98 Å². The molecule has 0 aliphatic heterocycles. The second-order valence-electron chi connectivity index (χ2n) is 6.97. The van der Waals surface area contributed by atoms with Gasteiger partial charge in [0.25, 0.3) is 0 Å². The van der Waals surface area contributed by atoms with Crippen molar-refractivity contribution in [2.45, 2.75) is 53.4 Å². The molecular weight excluding hydrogens is 234 g/mol. The van der Waals surface area contributed by atoms with Crippen molar-refractivity contribution >= 4 is 5.78 Å². The van der Waals surface area contributed by atoms with Crippen LogP contribution in [-0.4, -0.2) is 10.8 Å². The number of rotatable bonds is 2. The maximum absolute atomic E-state index is 12.1. The highest BCUT2D eigenvalue weighted by Crippen LogP contribution is 2.39. The van der Waals surface area contributed by atoms with E-state index < -0.39 is 0 Å². The smallest absolute Gasteiger partial charge is 0.136 e. The third-order valence-corrected chi connectivity index (χ3v) is 4.39. The number of Topliss-reactive ketones (excluding diaryl/α,β-unsaturated/α-hetero) is 1. The molecule has 0 spiro atoms. The van der Waals surface area contributed by atoms with Gasteiger partial charge in [-0.15, -0.1) is 0 Å². The first-order chi connectivity index (χ1) is 8.86. The Labute approximate surface area is 116 Å². The summed E-state index contributed by atoms with van der Waals surface area (Å²) in [7, 11) is 0. The van der Waals surface area contributed by atoms with Crippen LogP contribution in [-0.2, 0) is 11.2 Å². The van der Waals surface area contributed by atoms with Crippen LogP contribution in [0.1, 0.15) is 51.4 Å². The molecule has 1 aliphatic carbocycles. The van der Waals surface area contributed by atoms with Crippen molar-refractivity contribution in [1.29, 1.82) is 0 Å². The minimum atomic E-state index is 0.173. The number of pyridine rings is 1. The Morgan fingerprint density at radius 1 is 1.32 bits per heavy atom. The van der Waals surface area contributed by atoms with Gasteiger partial charge in [-0.25, -0.2) is 0 Å². The van der Waals surface area contributed by atoms with Crippen molar-refractivity contribution in [2.75, 3.05) is 0 Å². The normalized spacial score (nSPS) is 24.5. The van der Waals surface area contributed by atoms with Crippen molar-refractivity contribution < 1.29 is 4.79 Å². The molecule has 1 heterocycles. The van der Waals surface area contributed by atoms with E-state index >= 15 is 0 Å². The number of nitrogens with zero attached hydrogens (tertiary/aromatic N) is 1. The first-order valence-corrected chi connectivity index (χ1v) is 7.31. The van der Waals surface area contributed by atoms with Gasteiger partial charge in [-0.3, -0.25) is 9.78 Å². The number of ketones is 1. The van der Waals surface area contributed by atoms with Crippen LogP contribution in [0.2, 0.25) is 0 Å². The molecule has 1 fully saturated rings. The van der Waals surface area contributed by atoms with Gasteiger partial charge < -0.3 is 0 Å². The lowest BCUT2D eigenvalue weighted by molar-refractivity contribution is -0.126. The topological polar surface area (TPSA) is 30.0 Å². The fourth-order valence-electron chi connectivity index (χ4n) is 3.06. The Hall–Kier alpha value is -1.18. The minimum Gasteiger partial charge on any atom is -0.299 e. The lowest BCUT2D eigenvalue weighted by Crippen LogP contribution is -2.33. The fourth-order valence-corrected chi connectivity index (χ4v) is 3.06. The summed E-state index contributed by atoms with van der Waals surface area (Å²) in [4.78, 5) is 16.7. The number of hydrogen-bond acceptors (Lipinski definition) is 2. The van der Waals surface area contributed by atoms with E-state index in [1.807, 2.05) is 25.1 Å². The second-order valence-corrected chi connectivity index (χ2v) is 6.97. The summed E-state index contributed by atoms with van der Waals surface area (Å²) in [5.74, 6) is 1.26. The molecule has 1 aromatic heterocycles. The van der Waals surface area contributed by atoms with Crippen LogP contribution in [0.3, 0.4) is 0 Å². The zero-order valence-corrected chi connectivity index (χ0v) is 12.6. The van der Waals surface area contributed by atoms with Crippen LogP contribution in [0.15, 0.2) is 18.2 Å². The van der Waals surface area contributed by atoms with Crippen molar-refractivity contribution in [3.8, 4) is 0 Å². The van der Waals surface area contributed by atoms with Crippen molar-refractivity contribution in [3.05, 3.63) is 29.6 Å². The molecule has 19 heavy (non-hydrogen) atoms. The fraction of sp³-hybridized carbons (Fsp3) is 0.647. The first kappa shape index (κ1) is 14.2. The van der Waals surface area contributed by atoms with E-state index in [9.17, 15) is 4.79 Å². The van der Waals surface area contributed by atoms with Crippen LogP contribution >= 0.6 is 0 Å². The highest BCUT2D eigenvalue weighted by Gasteiger charge is 2.34. The average Bonchev–Trinajstić information content (AvgIpc) is 2.30. The standard InChI is InChI=1S/C17H25NO/c1-12-6-5-7-15(18-12)11-13-10-14(17(2,3)4)8-9-16(13)19/h5-7,13-14H,8-11H2,1-4H3. The third-order valence-electron chi connectivity index (χ3n) is 4.39. The SMILES string of the molecule is Cc1cccc(CC2CC(C(C)(C)C)CCC2=O)n1. The number of hydrogen-bond donors (Lipinski definition) is 0. The van der Waals surface area contributed by atoms with Crippen LogP contribution in [0, 0.1) is 24.2 Å². The van der Waals surface area contributed by atoms with Crippen molar-refractivity contribution in [2.24, 2.45) is 17.3 Å². The molecule has 2 nitrogen and oxygen atoms in total. The van der Waals surface area contributed by atoms with Gasteiger partial charge in [0.1, 0.15) is 5.78 Å². The predicted molar refractivity (Wildman–Crippen MR) is 78.0 cm³/mol. The van der Waals surface area contributed by atoms with Gasteiger partial charge in [0.2, 0.25) is 0 Å². The molecule has 2 rings (SSSR count). The third kappa shape index (κ3) is 3.65. The average molecular weight is 259 g/mol. The Balaban J connectivity index is 2.08. The monoisotopic (exact) mass is 259 g/mol. The van der Waals surface area contributed by atoms with Crippen LogP contribution < -0.4 is 0 Å². The van der Waals surface area contributed by atoms with Gasteiger partial charge in [-0.2, -0.15) is 0 Å². The Morgan fingerprint density at radius 3 is 2.68 bits per heavy atom. The number of aromatic nitrogens is 1. The van der Waals surface area contributed by atoms with E-state index in [2.05, 4.69) is 25.8 Å². The molecule has 0 saturated heterocycles. The first-order valence-electron chi connectivity index (χ1n) is 7.31. The molecular formula is C17H25NO. The van der Waals surface area contributed by atoms with Gasteiger partial charge >= 0.3 is 0 Å². The lowest BCUT2D eigenvalue weighted by atomic mass is 9.68. The number of aryl methyl sites for hydroxylation is 1. The molecule has 1 aromatic rings. The molecule has 2 unspecified atom stereocenters. The van der Waals surface area contributed by atoms with E-state index in [1.54, 1.807) is 0 Å². The number of carbonyl (C=O) groups is 1. The van der Waals surface area contributed by atoms with E-state index in [0.29, 0.717) is 17.1 Å². The lowest BCUT2D eigenvalue weighted by Gasteiger charge is -2.37. The molecule has 104 valence electrons. The quantitative estimate of drug-likeness (QED) is 0.804. The minimum absolute atomic E-state index is 0.173. The zero-order valence-electron chi connectivity index (χ0n) is 12.6. The number of carbonyl (C=O) groups excluding carboxylic acids is 1. The van der Waals surface area contributed by atoms with Gasteiger partial charge in [0.15, 0.2) is 0 Å². The van der Waals surface area contributed by atoms with E-state index in [-0.39, 0.29) is 5.92 Å². The molecule has 2 atom stereocenters. The summed E-state index contributed by atoms with van der Waals surface area (Å²) in [6.45, 7) is 8.87. The maximum atomic E-state index is 12.1. The largest absolute Gasteiger partial charge is 0.299 e. The van der Waals surface area contributed by atoms with Crippen molar-refractivity contribution in [3.63, 3.8) is 0 Å². The summed E-state index contributed by atoms with van der Waals surface area (Å²) < 4.78 is 0. The van der Waals surface area contributed by atoms with Gasteiger partial charge in [0.05, 0.1) is 0 Å². The molecule has 0 amide bonds. The summed E-state index contributed by atoms with van der Waals surface area (Å²) in [6.07, 6.45) is 3.64. The summed E-state index contributed by atoms with van der Waals surface area (Å²) in [5.41, 5.74) is 2.40. The molecule has 2 heteroatoms. The second kappa shape index (κ2) is 5.44. The molecule has 0 bridgehead atoms. The highest BCUT2D eigenvalue weighted by atomic mass is 16.1. The summed E-state index contributed by atoms with van der Waals surface area (Å²) in [6, 6.07) is 6.08. The van der Waals surface area contributed by atoms with Crippen LogP contribution in [0.5, 0.6) is 0 Å². The zero-order chi connectivity index (χ0) is 14.0.